The minimum absolute atomic E-state index is 0.229. The van der Waals surface area contributed by atoms with Crippen molar-refractivity contribution in [2.24, 2.45) is 5.92 Å². The maximum Gasteiger partial charge on any atom is 0.0827 e. The number of rotatable bonds is 4. The number of hydrogen-bond acceptors (Lipinski definition) is 2. The fourth-order valence-corrected chi connectivity index (χ4v) is 2.55. The number of aromatic nitrogens is 2. The third-order valence-electron chi connectivity index (χ3n) is 3.78. The first-order valence-corrected chi connectivity index (χ1v) is 7.31. The smallest absolute Gasteiger partial charge is 0.0827 e. The summed E-state index contributed by atoms with van der Waals surface area (Å²) in [6.07, 6.45) is 5.46. The highest BCUT2D eigenvalue weighted by Gasteiger charge is 2.13. The minimum Gasteiger partial charge on any atom is -0.388 e. The molecule has 0 fully saturated rings. The Morgan fingerprint density at radius 3 is 2.86 bits per heavy atom. The summed E-state index contributed by atoms with van der Waals surface area (Å²) in [5.41, 5.74) is 3.23. The molecule has 0 saturated carbocycles. The van der Waals surface area contributed by atoms with E-state index in [2.05, 4.69) is 33.8 Å². The van der Waals surface area contributed by atoms with Gasteiger partial charge in [-0.15, -0.1) is 0 Å². The topological polar surface area (TPSA) is 38.0 Å². The van der Waals surface area contributed by atoms with Crippen LogP contribution in [-0.4, -0.2) is 14.7 Å². The van der Waals surface area contributed by atoms with Gasteiger partial charge < -0.3 is 9.67 Å². The zero-order valence-electron chi connectivity index (χ0n) is 12.4. The van der Waals surface area contributed by atoms with Crippen LogP contribution in [0.5, 0.6) is 0 Å². The van der Waals surface area contributed by atoms with Crippen LogP contribution in [0.1, 0.15) is 31.1 Å². The molecule has 2 heterocycles. The summed E-state index contributed by atoms with van der Waals surface area (Å²) in [6, 6.07) is 12.4. The highest BCUT2D eigenvalue weighted by Crippen LogP contribution is 2.22. The van der Waals surface area contributed by atoms with E-state index in [0.717, 1.165) is 23.0 Å². The number of benzene rings is 1. The molecule has 21 heavy (non-hydrogen) atoms. The molecule has 3 rings (SSSR count). The largest absolute Gasteiger partial charge is 0.388 e. The van der Waals surface area contributed by atoms with Crippen molar-refractivity contribution in [2.75, 3.05) is 0 Å². The second-order valence-corrected chi connectivity index (χ2v) is 5.84. The zero-order valence-corrected chi connectivity index (χ0v) is 12.4. The fraction of sp³-hybridized carbons (Fsp3) is 0.278. The summed E-state index contributed by atoms with van der Waals surface area (Å²) in [5.74, 6) is 0.229. The molecule has 0 radical (unpaired) electrons. The van der Waals surface area contributed by atoms with Gasteiger partial charge in [-0.05, 0) is 41.3 Å². The molecule has 0 amide bonds. The van der Waals surface area contributed by atoms with Crippen LogP contribution in [0.25, 0.3) is 10.9 Å². The van der Waals surface area contributed by atoms with Crippen molar-refractivity contribution in [3.63, 3.8) is 0 Å². The van der Waals surface area contributed by atoms with Gasteiger partial charge in [0.1, 0.15) is 0 Å². The van der Waals surface area contributed by atoms with E-state index in [1.165, 1.54) is 5.56 Å². The Balaban J connectivity index is 1.82. The third-order valence-corrected chi connectivity index (χ3v) is 3.78. The second-order valence-electron chi connectivity index (χ2n) is 5.84. The first-order chi connectivity index (χ1) is 10.1. The summed E-state index contributed by atoms with van der Waals surface area (Å²) in [5, 5.41) is 11.3. The van der Waals surface area contributed by atoms with E-state index < -0.39 is 6.10 Å². The minimum atomic E-state index is -0.396. The molecular formula is C18H20N2O. The molecule has 0 bridgehead atoms. The molecule has 3 heteroatoms. The van der Waals surface area contributed by atoms with Crippen molar-refractivity contribution in [1.29, 1.82) is 0 Å². The number of aliphatic hydroxyl groups is 1. The van der Waals surface area contributed by atoms with E-state index in [1.54, 1.807) is 0 Å². The molecule has 0 aliphatic heterocycles. The highest BCUT2D eigenvalue weighted by molar-refractivity contribution is 5.78. The van der Waals surface area contributed by atoms with E-state index in [0.29, 0.717) is 0 Å². The molecule has 108 valence electrons. The fourth-order valence-electron chi connectivity index (χ4n) is 2.55. The lowest BCUT2D eigenvalue weighted by atomic mass is 10.0. The summed E-state index contributed by atoms with van der Waals surface area (Å²) >= 11 is 0. The van der Waals surface area contributed by atoms with Crippen LogP contribution in [0.3, 0.4) is 0 Å². The van der Waals surface area contributed by atoms with Gasteiger partial charge in [0.2, 0.25) is 0 Å². The average molecular weight is 280 g/mol. The van der Waals surface area contributed by atoms with Crippen molar-refractivity contribution in [1.82, 2.24) is 9.55 Å². The summed E-state index contributed by atoms with van der Waals surface area (Å²) < 4.78 is 2.11. The molecule has 0 spiro atoms. The van der Waals surface area contributed by atoms with E-state index >= 15 is 0 Å². The number of fused-ring (bicyclic) bond motifs is 1. The molecule has 0 aliphatic rings. The number of pyridine rings is 1. The molecule has 2 aromatic heterocycles. The monoisotopic (exact) mass is 280 g/mol. The quantitative estimate of drug-likeness (QED) is 0.790. The lowest BCUT2D eigenvalue weighted by Crippen LogP contribution is -2.04. The van der Waals surface area contributed by atoms with Gasteiger partial charge in [0.25, 0.3) is 0 Å². The lowest BCUT2D eigenvalue weighted by molar-refractivity contribution is 0.127. The van der Waals surface area contributed by atoms with Crippen LogP contribution in [0.15, 0.2) is 55.0 Å². The van der Waals surface area contributed by atoms with E-state index in [4.69, 9.17) is 0 Å². The Morgan fingerprint density at radius 2 is 2.05 bits per heavy atom. The maximum atomic E-state index is 10.1. The van der Waals surface area contributed by atoms with Crippen LogP contribution in [-0.2, 0) is 6.54 Å². The number of aliphatic hydroxyl groups excluding tert-OH is 1. The van der Waals surface area contributed by atoms with Gasteiger partial charge in [0.15, 0.2) is 0 Å². The zero-order chi connectivity index (χ0) is 14.8. The molecule has 1 N–H and O–H groups in total. The van der Waals surface area contributed by atoms with Crippen LogP contribution in [0.2, 0.25) is 0 Å². The van der Waals surface area contributed by atoms with Gasteiger partial charge in [0.05, 0.1) is 11.6 Å². The first kappa shape index (κ1) is 13.8. The molecule has 3 nitrogen and oxygen atoms in total. The number of hydrogen-bond donors (Lipinski definition) is 1. The van der Waals surface area contributed by atoms with E-state index in [1.807, 2.05) is 44.6 Å². The Labute approximate surface area is 124 Å². The average Bonchev–Trinajstić information content (AvgIpc) is 2.94. The van der Waals surface area contributed by atoms with Gasteiger partial charge in [-0.1, -0.05) is 26.0 Å². The summed E-state index contributed by atoms with van der Waals surface area (Å²) in [7, 11) is 0. The third kappa shape index (κ3) is 2.98. The molecule has 0 aliphatic carbocycles. The van der Waals surface area contributed by atoms with E-state index in [-0.39, 0.29) is 5.92 Å². The van der Waals surface area contributed by atoms with Gasteiger partial charge >= 0.3 is 0 Å². The van der Waals surface area contributed by atoms with Crippen LogP contribution in [0, 0.1) is 5.92 Å². The van der Waals surface area contributed by atoms with Gasteiger partial charge in [0, 0.05) is 30.5 Å². The molecule has 0 saturated heterocycles. The molecule has 3 aromatic rings. The predicted octanol–water partition coefficient (Wildman–Crippen LogP) is 3.77. The molecule has 1 atom stereocenters. The van der Waals surface area contributed by atoms with Crippen molar-refractivity contribution in [3.8, 4) is 0 Å². The van der Waals surface area contributed by atoms with Gasteiger partial charge in [-0.25, -0.2) is 0 Å². The van der Waals surface area contributed by atoms with E-state index in [9.17, 15) is 5.11 Å². The second kappa shape index (κ2) is 5.70. The first-order valence-electron chi connectivity index (χ1n) is 7.31. The van der Waals surface area contributed by atoms with Crippen LogP contribution < -0.4 is 0 Å². The summed E-state index contributed by atoms with van der Waals surface area (Å²) in [4.78, 5) is 4.34. The Bertz CT molecular complexity index is 746. The van der Waals surface area contributed by atoms with Gasteiger partial charge in [-0.2, -0.15) is 0 Å². The van der Waals surface area contributed by atoms with Crippen molar-refractivity contribution >= 4 is 10.9 Å². The molecule has 1 unspecified atom stereocenters. The molecule has 1 aromatic carbocycles. The lowest BCUT2D eigenvalue weighted by Gasteiger charge is -2.12. The van der Waals surface area contributed by atoms with Crippen molar-refractivity contribution in [3.05, 3.63) is 66.1 Å². The van der Waals surface area contributed by atoms with Gasteiger partial charge in [-0.3, -0.25) is 4.98 Å². The standard InChI is InChI=1S/C18H20N2O/c1-13(2)18(21)16-7-9-20(12-16)11-14-5-6-17-15(10-14)4-3-8-19-17/h3-10,12-13,18,21H,11H2,1-2H3. The van der Waals surface area contributed by atoms with Crippen LogP contribution in [0.4, 0.5) is 0 Å². The predicted molar refractivity (Wildman–Crippen MR) is 85.1 cm³/mol. The molecular weight excluding hydrogens is 260 g/mol. The number of nitrogens with zero attached hydrogens (tertiary/aromatic N) is 2. The van der Waals surface area contributed by atoms with Crippen molar-refractivity contribution in [2.45, 2.75) is 26.5 Å². The highest BCUT2D eigenvalue weighted by atomic mass is 16.3. The Morgan fingerprint density at radius 1 is 1.19 bits per heavy atom. The van der Waals surface area contributed by atoms with Crippen LogP contribution >= 0.6 is 0 Å². The maximum absolute atomic E-state index is 10.1. The SMILES string of the molecule is CC(C)C(O)c1ccn(Cc2ccc3ncccc3c2)c1. The van der Waals surface area contributed by atoms with Crippen molar-refractivity contribution < 1.29 is 5.11 Å². The summed E-state index contributed by atoms with van der Waals surface area (Å²) in [6.45, 7) is 4.85. The normalized spacial score (nSPS) is 13.0. The Hall–Kier alpha value is -2.13. The Kier molecular flexibility index (Phi) is 3.76.